The van der Waals surface area contributed by atoms with Crippen LogP contribution in [0, 0.1) is 0 Å². The first-order valence-electron chi connectivity index (χ1n) is 5.36. The molecular formula is C11H12Cl2N2O2. The first-order chi connectivity index (χ1) is 8.13. The molecule has 0 aliphatic carbocycles. The first-order valence-corrected chi connectivity index (χ1v) is 6.12. The van der Waals surface area contributed by atoms with Crippen LogP contribution in [-0.4, -0.2) is 40.1 Å². The second-order valence-electron chi connectivity index (χ2n) is 3.97. The normalized spacial score (nSPS) is 19.7. The molecule has 0 spiro atoms. The van der Waals surface area contributed by atoms with Gasteiger partial charge in [-0.25, -0.2) is 4.98 Å². The van der Waals surface area contributed by atoms with Gasteiger partial charge < -0.3 is 10.0 Å². The van der Waals surface area contributed by atoms with Crippen LogP contribution in [0.3, 0.4) is 0 Å². The predicted octanol–water partition coefficient (Wildman–Crippen LogP) is 1.99. The van der Waals surface area contributed by atoms with Crippen molar-refractivity contribution in [3.8, 4) is 0 Å². The molecule has 2 heterocycles. The van der Waals surface area contributed by atoms with Gasteiger partial charge in [0.2, 0.25) is 0 Å². The molecule has 1 saturated heterocycles. The van der Waals surface area contributed by atoms with Crippen molar-refractivity contribution in [2.24, 2.45) is 0 Å². The Morgan fingerprint density at radius 2 is 2.35 bits per heavy atom. The van der Waals surface area contributed by atoms with Crippen LogP contribution < -0.4 is 0 Å². The highest BCUT2D eigenvalue weighted by Crippen LogP contribution is 2.23. The Bertz CT molecular complexity index is 439. The number of nitrogens with zero attached hydrogens (tertiary/aromatic N) is 2. The molecule has 1 N–H and O–H groups in total. The van der Waals surface area contributed by atoms with Crippen LogP contribution in [0.25, 0.3) is 0 Å². The standard InChI is InChI=1S/C11H12Cl2N2O2/c12-9-4-7(5-14-10(9)13)11(17)15-3-1-2-8(15)6-16/h4-5,8,16H,1-3,6H2/t8-/m0/s1. The van der Waals surface area contributed by atoms with Crippen molar-refractivity contribution in [2.45, 2.75) is 18.9 Å². The van der Waals surface area contributed by atoms with E-state index in [1.807, 2.05) is 0 Å². The Labute approximate surface area is 109 Å². The summed E-state index contributed by atoms with van der Waals surface area (Å²) in [6.45, 7) is 0.644. The molecule has 0 aromatic carbocycles. The number of carbonyl (C=O) groups excluding carboxylic acids is 1. The van der Waals surface area contributed by atoms with E-state index in [1.54, 1.807) is 4.90 Å². The number of pyridine rings is 1. The van der Waals surface area contributed by atoms with Crippen molar-refractivity contribution in [3.05, 3.63) is 28.0 Å². The van der Waals surface area contributed by atoms with Crippen LogP contribution in [0.15, 0.2) is 12.3 Å². The van der Waals surface area contributed by atoms with E-state index in [-0.39, 0.29) is 28.7 Å². The van der Waals surface area contributed by atoms with Crippen molar-refractivity contribution in [1.29, 1.82) is 0 Å². The van der Waals surface area contributed by atoms with Gasteiger partial charge in [-0.2, -0.15) is 0 Å². The van der Waals surface area contributed by atoms with E-state index in [0.717, 1.165) is 12.8 Å². The SMILES string of the molecule is O=C(c1cnc(Cl)c(Cl)c1)N1CCC[C@H]1CO. The number of likely N-dealkylation sites (tertiary alicyclic amines) is 1. The molecule has 1 atom stereocenters. The molecule has 1 aliphatic heterocycles. The lowest BCUT2D eigenvalue weighted by molar-refractivity contribution is 0.0677. The van der Waals surface area contributed by atoms with E-state index >= 15 is 0 Å². The molecule has 1 fully saturated rings. The highest BCUT2D eigenvalue weighted by molar-refractivity contribution is 6.41. The number of amides is 1. The third-order valence-corrected chi connectivity index (χ3v) is 3.58. The smallest absolute Gasteiger partial charge is 0.255 e. The number of aliphatic hydroxyl groups excluding tert-OH is 1. The maximum absolute atomic E-state index is 12.2. The zero-order valence-electron chi connectivity index (χ0n) is 9.07. The number of rotatable bonds is 2. The number of hydrogen-bond acceptors (Lipinski definition) is 3. The molecule has 1 amide bonds. The van der Waals surface area contributed by atoms with Crippen molar-refractivity contribution in [3.63, 3.8) is 0 Å². The highest BCUT2D eigenvalue weighted by Gasteiger charge is 2.29. The van der Waals surface area contributed by atoms with Gasteiger partial charge in [-0.05, 0) is 18.9 Å². The van der Waals surface area contributed by atoms with Crippen molar-refractivity contribution in [2.75, 3.05) is 13.2 Å². The van der Waals surface area contributed by atoms with E-state index in [9.17, 15) is 9.90 Å². The number of hydrogen-bond donors (Lipinski definition) is 1. The average molecular weight is 275 g/mol. The van der Waals surface area contributed by atoms with E-state index in [0.29, 0.717) is 12.1 Å². The van der Waals surface area contributed by atoms with Gasteiger partial charge in [-0.1, -0.05) is 23.2 Å². The fourth-order valence-corrected chi connectivity index (χ4v) is 2.27. The topological polar surface area (TPSA) is 53.4 Å². The lowest BCUT2D eigenvalue weighted by atomic mass is 10.2. The third kappa shape index (κ3) is 2.54. The maximum Gasteiger partial charge on any atom is 0.255 e. The molecule has 1 aliphatic rings. The van der Waals surface area contributed by atoms with Crippen LogP contribution >= 0.6 is 23.2 Å². The molecule has 92 valence electrons. The zero-order chi connectivity index (χ0) is 12.4. The Morgan fingerprint density at radius 3 is 3.00 bits per heavy atom. The van der Waals surface area contributed by atoms with E-state index in [2.05, 4.69) is 4.98 Å². The van der Waals surface area contributed by atoms with Crippen LogP contribution in [0.4, 0.5) is 0 Å². The molecule has 0 unspecified atom stereocenters. The van der Waals surface area contributed by atoms with Crippen molar-refractivity contribution < 1.29 is 9.90 Å². The summed E-state index contributed by atoms with van der Waals surface area (Å²) in [4.78, 5) is 17.7. The summed E-state index contributed by atoms with van der Waals surface area (Å²) in [5, 5.41) is 9.62. The third-order valence-electron chi connectivity index (χ3n) is 2.89. The molecule has 1 aromatic rings. The minimum Gasteiger partial charge on any atom is -0.394 e. The van der Waals surface area contributed by atoms with Crippen LogP contribution in [0.2, 0.25) is 10.2 Å². The molecule has 0 bridgehead atoms. The monoisotopic (exact) mass is 274 g/mol. The second-order valence-corrected chi connectivity index (χ2v) is 4.74. The van der Waals surface area contributed by atoms with Gasteiger partial charge >= 0.3 is 0 Å². The minimum atomic E-state index is -0.160. The van der Waals surface area contributed by atoms with Gasteiger partial charge in [-0.15, -0.1) is 0 Å². The van der Waals surface area contributed by atoms with Gasteiger partial charge in [0.15, 0.2) is 0 Å². The van der Waals surface area contributed by atoms with Gasteiger partial charge in [0.1, 0.15) is 5.15 Å². The maximum atomic E-state index is 12.2. The molecule has 1 aromatic heterocycles. The van der Waals surface area contributed by atoms with Gasteiger partial charge in [0.25, 0.3) is 5.91 Å². The predicted molar refractivity (Wildman–Crippen MR) is 65.4 cm³/mol. The Morgan fingerprint density at radius 1 is 1.59 bits per heavy atom. The summed E-state index contributed by atoms with van der Waals surface area (Å²) in [5.41, 5.74) is 0.403. The van der Waals surface area contributed by atoms with Crippen LogP contribution in [0.1, 0.15) is 23.2 Å². The quantitative estimate of drug-likeness (QED) is 0.840. The Kier molecular flexibility index (Phi) is 3.86. The van der Waals surface area contributed by atoms with Gasteiger partial charge in [0.05, 0.1) is 23.2 Å². The summed E-state index contributed by atoms with van der Waals surface area (Å²) in [5.74, 6) is -0.160. The molecular weight excluding hydrogens is 263 g/mol. The van der Waals surface area contributed by atoms with E-state index in [1.165, 1.54) is 12.3 Å². The number of aromatic nitrogens is 1. The molecule has 0 radical (unpaired) electrons. The summed E-state index contributed by atoms with van der Waals surface area (Å²) in [6.07, 6.45) is 3.14. The molecule has 4 nitrogen and oxygen atoms in total. The van der Waals surface area contributed by atoms with Crippen LogP contribution in [0.5, 0.6) is 0 Å². The number of carbonyl (C=O) groups is 1. The summed E-state index contributed by atoms with van der Waals surface area (Å²) < 4.78 is 0. The van der Waals surface area contributed by atoms with Crippen molar-refractivity contribution in [1.82, 2.24) is 9.88 Å². The average Bonchev–Trinajstić information content (AvgIpc) is 2.80. The fourth-order valence-electron chi connectivity index (χ4n) is 2.00. The lowest BCUT2D eigenvalue weighted by Gasteiger charge is -2.22. The highest BCUT2D eigenvalue weighted by atomic mass is 35.5. The van der Waals surface area contributed by atoms with Crippen LogP contribution in [-0.2, 0) is 0 Å². The Hall–Kier alpha value is -0.840. The molecule has 2 rings (SSSR count). The van der Waals surface area contributed by atoms with Crippen molar-refractivity contribution >= 4 is 29.1 Å². The fraction of sp³-hybridized carbons (Fsp3) is 0.455. The van der Waals surface area contributed by atoms with Gasteiger partial charge in [0, 0.05) is 12.7 Å². The number of halogens is 2. The largest absolute Gasteiger partial charge is 0.394 e. The lowest BCUT2D eigenvalue weighted by Crippen LogP contribution is -2.37. The Balaban J connectivity index is 2.21. The van der Waals surface area contributed by atoms with Gasteiger partial charge in [-0.3, -0.25) is 4.79 Å². The number of aliphatic hydroxyl groups is 1. The second kappa shape index (κ2) is 5.21. The minimum absolute atomic E-state index is 0.0134. The first kappa shape index (κ1) is 12.6. The molecule has 17 heavy (non-hydrogen) atoms. The summed E-state index contributed by atoms with van der Waals surface area (Å²) in [6, 6.07) is 1.41. The van der Waals surface area contributed by atoms with E-state index in [4.69, 9.17) is 23.2 Å². The van der Waals surface area contributed by atoms with E-state index < -0.39 is 0 Å². The molecule has 0 saturated carbocycles. The summed E-state index contributed by atoms with van der Waals surface area (Å²) >= 11 is 11.5. The molecule has 6 heteroatoms. The summed E-state index contributed by atoms with van der Waals surface area (Å²) in [7, 11) is 0. The zero-order valence-corrected chi connectivity index (χ0v) is 10.6.